The molecule has 0 bridgehead atoms. The number of ether oxygens (including phenoxy) is 2. The first kappa shape index (κ1) is 25.5. The maximum absolute atomic E-state index is 13.1. The lowest BCUT2D eigenvalue weighted by Crippen LogP contribution is -2.26. The monoisotopic (exact) mass is 521 g/mol. The van der Waals surface area contributed by atoms with Crippen LogP contribution in [0.3, 0.4) is 0 Å². The quantitative estimate of drug-likeness (QED) is 0.228. The minimum atomic E-state index is -0.235. The number of fused-ring (bicyclic) bond motifs is 1. The number of thioether (sulfide) groups is 1. The van der Waals surface area contributed by atoms with E-state index in [1.54, 1.807) is 44.8 Å². The average molecular weight is 522 g/mol. The summed E-state index contributed by atoms with van der Waals surface area (Å²) in [5, 5.41) is 3.00. The zero-order valence-electron chi connectivity index (χ0n) is 20.5. The van der Waals surface area contributed by atoms with Crippen molar-refractivity contribution >= 4 is 50.9 Å². The number of nitrogens with zero attached hydrogens (tertiary/aromatic N) is 3. The van der Waals surface area contributed by atoms with Crippen molar-refractivity contribution in [2.75, 3.05) is 32.6 Å². The molecule has 0 fully saturated rings. The van der Waals surface area contributed by atoms with Gasteiger partial charge in [-0.2, -0.15) is 0 Å². The van der Waals surface area contributed by atoms with Crippen LogP contribution in [0.1, 0.15) is 24.2 Å². The summed E-state index contributed by atoms with van der Waals surface area (Å²) in [6, 6.07) is 12.7. The van der Waals surface area contributed by atoms with E-state index in [-0.39, 0.29) is 5.91 Å². The van der Waals surface area contributed by atoms with Gasteiger partial charge >= 0.3 is 0 Å². The second kappa shape index (κ2) is 11.4. The summed E-state index contributed by atoms with van der Waals surface area (Å²) in [4.78, 5) is 28.2. The highest BCUT2D eigenvalue weighted by Crippen LogP contribution is 2.32. The molecule has 0 radical (unpaired) electrons. The number of nitrogens with one attached hydrogen (secondary N) is 2. The molecular weight excluding hydrogens is 494 g/mol. The maximum atomic E-state index is 13.1. The molecule has 2 heterocycles. The first-order valence-electron chi connectivity index (χ1n) is 11.4. The number of pyridine rings is 1. The summed E-state index contributed by atoms with van der Waals surface area (Å²) in [6.45, 7) is 5.76. The molecule has 10 heteroatoms. The molecule has 0 unspecified atom stereocenters. The number of anilines is 1. The van der Waals surface area contributed by atoms with E-state index in [9.17, 15) is 4.79 Å². The third kappa shape index (κ3) is 5.44. The Morgan fingerprint density at radius 1 is 1.08 bits per heavy atom. The second-order valence-corrected chi connectivity index (χ2v) is 9.43. The van der Waals surface area contributed by atoms with E-state index in [1.807, 2.05) is 24.3 Å². The summed E-state index contributed by atoms with van der Waals surface area (Å²) in [5.74, 6) is 1.69. The molecule has 0 aliphatic carbocycles. The molecule has 2 aromatic carbocycles. The van der Waals surface area contributed by atoms with Crippen molar-refractivity contribution in [2.24, 2.45) is 0 Å². The number of benzene rings is 2. The van der Waals surface area contributed by atoms with Crippen LogP contribution in [0.4, 0.5) is 5.69 Å². The van der Waals surface area contributed by atoms with Crippen LogP contribution in [-0.4, -0.2) is 57.4 Å². The van der Waals surface area contributed by atoms with E-state index in [2.05, 4.69) is 39.0 Å². The molecule has 4 aromatic rings. The van der Waals surface area contributed by atoms with Crippen molar-refractivity contribution in [1.29, 1.82) is 0 Å². The van der Waals surface area contributed by atoms with Crippen molar-refractivity contribution < 1.29 is 14.3 Å². The highest BCUT2D eigenvalue weighted by molar-refractivity contribution is 8.23. The summed E-state index contributed by atoms with van der Waals surface area (Å²) >= 11 is 6.99. The van der Waals surface area contributed by atoms with Gasteiger partial charge in [-0.25, -0.2) is 4.98 Å². The fourth-order valence-corrected chi connectivity index (χ4v) is 5.12. The van der Waals surface area contributed by atoms with Gasteiger partial charge in [-0.1, -0.05) is 24.0 Å². The van der Waals surface area contributed by atoms with Crippen LogP contribution in [0, 0.1) is 0 Å². The Kier molecular flexibility index (Phi) is 8.07. The van der Waals surface area contributed by atoms with Gasteiger partial charge in [0.25, 0.3) is 5.91 Å². The van der Waals surface area contributed by atoms with E-state index in [0.717, 1.165) is 38.9 Å². The summed E-state index contributed by atoms with van der Waals surface area (Å²) in [6.07, 6.45) is 3.36. The van der Waals surface area contributed by atoms with E-state index >= 15 is 0 Å². The molecule has 2 N–H and O–H groups in total. The summed E-state index contributed by atoms with van der Waals surface area (Å²) < 4.78 is 11.5. The number of carbonyl (C=O) groups is 1. The predicted molar refractivity (Wildman–Crippen MR) is 148 cm³/mol. The fourth-order valence-electron chi connectivity index (χ4n) is 3.67. The Balaban J connectivity index is 1.56. The van der Waals surface area contributed by atoms with Gasteiger partial charge in [0.15, 0.2) is 11.5 Å². The van der Waals surface area contributed by atoms with Crippen LogP contribution in [0.5, 0.6) is 11.5 Å². The molecule has 36 heavy (non-hydrogen) atoms. The van der Waals surface area contributed by atoms with Crippen LogP contribution in [0.15, 0.2) is 59.8 Å². The first-order valence-corrected chi connectivity index (χ1v) is 12.6. The SMILES string of the molecule is CCN(CC)C(=S)Sc1cnccc1NC(=O)c1ccc2nc(-c3ccc(OC)c(OC)c3)[nH]c2c1. The minimum absolute atomic E-state index is 0.235. The molecule has 1 amide bonds. The summed E-state index contributed by atoms with van der Waals surface area (Å²) in [7, 11) is 3.19. The zero-order valence-corrected chi connectivity index (χ0v) is 22.1. The Hall–Kier alpha value is -3.63. The number of hydrogen-bond donors (Lipinski definition) is 2. The average Bonchev–Trinajstić information content (AvgIpc) is 3.33. The molecule has 0 spiro atoms. The molecule has 186 valence electrons. The third-order valence-corrected chi connectivity index (χ3v) is 7.14. The number of aromatic amines is 1. The second-order valence-electron chi connectivity index (χ2n) is 7.75. The van der Waals surface area contributed by atoms with Gasteiger partial charge in [-0.15, -0.1) is 0 Å². The van der Waals surface area contributed by atoms with E-state index in [1.165, 1.54) is 11.8 Å². The first-order chi connectivity index (χ1) is 17.5. The Morgan fingerprint density at radius 3 is 2.58 bits per heavy atom. The number of methoxy groups -OCH3 is 2. The molecular formula is C26H27N5O3S2. The lowest BCUT2D eigenvalue weighted by Gasteiger charge is -2.21. The van der Waals surface area contributed by atoms with E-state index in [0.29, 0.717) is 28.6 Å². The smallest absolute Gasteiger partial charge is 0.255 e. The van der Waals surface area contributed by atoms with Gasteiger partial charge < -0.3 is 24.7 Å². The number of carbonyl (C=O) groups excluding carboxylic acids is 1. The van der Waals surface area contributed by atoms with Crippen LogP contribution in [0.25, 0.3) is 22.4 Å². The molecule has 4 rings (SSSR count). The third-order valence-electron chi connectivity index (χ3n) is 5.65. The Morgan fingerprint density at radius 2 is 1.86 bits per heavy atom. The lowest BCUT2D eigenvalue weighted by molar-refractivity contribution is 0.102. The molecule has 0 saturated carbocycles. The number of thiocarbonyl (C=S) groups is 1. The molecule has 0 atom stereocenters. The highest BCUT2D eigenvalue weighted by atomic mass is 32.2. The van der Waals surface area contributed by atoms with Gasteiger partial charge in [0.2, 0.25) is 0 Å². The van der Waals surface area contributed by atoms with Crippen LogP contribution < -0.4 is 14.8 Å². The maximum Gasteiger partial charge on any atom is 0.255 e. The fraction of sp³-hybridized carbons (Fsp3) is 0.231. The lowest BCUT2D eigenvalue weighted by atomic mass is 10.2. The molecule has 0 aliphatic rings. The summed E-state index contributed by atoms with van der Waals surface area (Å²) in [5.41, 5.74) is 3.51. The van der Waals surface area contributed by atoms with Crippen LogP contribution in [-0.2, 0) is 0 Å². The minimum Gasteiger partial charge on any atom is -0.493 e. The van der Waals surface area contributed by atoms with Gasteiger partial charge in [0.1, 0.15) is 10.1 Å². The molecule has 2 aromatic heterocycles. The van der Waals surface area contributed by atoms with Crippen molar-refractivity contribution in [2.45, 2.75) is 18.7 Å². The Bertz CT molecular complexity index is 1400. The number of imidazole rings is 1. The van der Waals surface area contributed by atoms with Gasteiger partial charge in [-0.05, 0) is 56.3 Å². The number of rotatable bonds is 8. The van der Waals surface area contributed by atoms with Crippen molar-refractivity contribution in [3.05, 3.63) is 60.4 Å². The topological polar surface area (TPSA) is 92.4 Å². The number of aromatic nitrogens is 3. The van der Waals surface area contributed by atoms with Gasteiger partial charge in [-0.3, -0.25) is 9.78 Å². The predicted octanol–water partition coefficient (Wildman–Crippen LogP) is 5.61. The normalized spacial score (nSPS) is 10.8. The van der Waals surface area contributed by atoms with Crippen LogP contribution >= 0.6 is 24.0 Å². The van der Waals surface area contributed by atoms with E-state index in [4.69, 9.17) is 21.7 Å². The number of hydrogen-bond acceptors (Lipinski definition) is 7. The van der Waals surface area contributed by atoms with Crippen molar-refractivity contribution in [1.82, 2.24) is 19.9 Å². The molecule has 8 nitrogen and oxygen atoms in total. The number of amides is 1. The van der Waals surface area contributed by atoms with Gasteiger partial charge in [0.05, 0.1) is 35.8 Å². The van der Waals surface area contributed by atoms with Gasteiger partial charge in [0, 0.05) is 36.6 Å². The molecule has 0 aliphatic heterocycles. The largest absolute Gasteiger partial charge is 0.493 e. The van der Waals surface area contributed by atoms with E-state index < -0.39 is 0 Å². The number of H-pyrrole nitrogens is 1. The molecule has 0 saturated heterocycles. The zero-order chi connectivity index (χ0) is 25.7. The standard InChI is InChI=1S/C26H27N5O3S2/c1-5-31(6-2)26(35)36-23-15-27-12-11-19(23)30-25(32)17-7-9-18-20(13-17)29-24(28-18)16-8-10-21(33-3)22(14-16)34-4/h7-15H,5-6H2,1-4H3,(H,28,29)(H,27,30,32). The highest BCUT2D eigenvalue weighted by Gasteiger charge is 2.15. The van der Waals surface area contributed by atoms with Crippen molar-refractivity contribution in [3.63, 3.8) is 0 Å². The van der Waals surface area contributed by atoms with Crippen molar-refractivity contribution in [3.8, 4) is 22.9 Å². The van der Waals surface area contributed by atoms with Crippen LogP contribution in [0.2, 0.25) is 0 Å². The Labute approximate surface area is 219 Å².